The molecule has 0 saturated heterocycles. The van der Waals surface area contributed by atoms with E-state index in [2.05, 4.69) is 0 Å². The van der Waals surface area contributed by atoms with Crippen molar-refractivity contribution in [2.24, 2.45) is 5.73 Å². The third kappa shape index (κ3) is 6.14. The molecule has 0 saturated carbocycles. The van der Waals surface area contributed by atoms with E-state index in [1.54, 1.807) is 13.2 Å². The van der Waals surface area contributed by atoms with Crippen LogP contribution in [0, 0.1) is 0 Å². The number of methoxy groups -OCH3 is 1. The van der Waals surface area contributed by atoms with Gasteiger partial charge in [0.2, 0.25) is 0 Å². The fraction of sp³-hybridized carbons (Fsp3) is 0.533. The van der Waals surface area contributed by atoms with E-state index >= 15 is 0 Å². The Hall–Kier alpha value is -1.43. The van der Waals surface area contributed by atoms with Gasteiger partial charge < -0.3 is 19.9 Å². The van der Waals surface area contributed by atoms with Crippen LogP contribution in [0.2, 0.25) is 0 Å². The molecule has 0 spiro atoms. The van der Waals surface area contributed by atoms with Gasteiger partial charge in [-0.05, 0) is 31.0 Å². The van der Waals surface area contributed by atoms with Gasteiger partial charge in [0.25, 0.3) is 0 Å². The van der Waals surface area contributed by atoms with Crippen LogP contribution in [0.25, 0.3) is 0 Å². The van der Waals surface area contributed by atoms with E-state index < -0.39 is 0 Å². The first kappa shape index (κ1) is 16.6. The maximum absolute atomic E-state index is 11.9. The van der Waals surface area contributed by atoms with Crippen LogP contribution in [0.1, 0.15) is 22.3 Å². The number of ether oxygens (including phenoxy) is 3. The highest BCUT2D eigenvalue weighted by Crippen LogP contribution is 2.10. The molecule has 0 atom stereocenters. The van der Waals surface area contributed by atoms with E-state index in [9.17, 15) is 4.79 Å². The summed E-state index contributed by atoms with van der Waals surface area (Å²) < 4.78 is 15.4. The van der Waals surface area contributed by atoms with Crippen molar-refractivity contribution in [1.82, 2.24) is 0 Å². The minimum absolute atomic E-state index is 0.253. The average molecular weight is 281 g/mol. The predicted molar refractivity (Wildman–Crippen MR) is 76.8 cm³/mol. The second-order valence-electron chi connectivity index (χ2n) is 4.29. The molecular weight excluding hydrogens is 258 g/mol. The number of carbonyl (C=O) groups excluding carboxylic acids is 1. The zero-order valence-electron chi connectivity index (χ0n) is 12.0. The topological polar surface area (TPSA) is 70.8 Å². The molecule has 5 heteroatoms. The van der Waals surface area contributed by atoms with Gasteiger partial charge in [-0.3, -0.25) is 0 Å². The van der Waals surface area contributed by atoms with Gasteiger partial charge >= 0.3 is 5.97 Å². The molecule has 1 aromatic rings. The molecule has 0 bridgehead atoms. The highest BCUT2D eigenvalue weighted by atomic mass is 16.6. The Morgan fingerprint density at radius 1 is 1.15 bits per heavy atom. The lowest BCUT2D eigenvalue weighted by atomic mass is 10.1. The van der Waals surface area contributed by atoms with Crippen molar-refractivity contribution in [2.75, 3.05) is 40.1 Å². The molecule has 1 rings (SSSR count). The van der Waals surface area contributed by atoms with Crippen LogP contribution >= 0.6 is 0 Å². The molecular formula is C15H23NO4. The van der Waals surface area contributed by atoms with Crippen molar-refractivity contribution in [2.45, 2.75) is 12.8 Å². The molecule has 0 fully saturated rings. The second kappa shape index (κ2) is 10.4. The molecule has 112 valence electrons. The third-order valence-electron chi connectivity index (χ3n) is 2.75. The first-order valence-corrected chi connectivity index (χ1v) is 6.81. The van der Waals surface area contributed by atoms with Crippen LogP contribution in [0.4, 0.5) is 0 Å². The molecule has 2 N–H and O–H groups in total. The fourth-order valence-electron chi connectivity index (χ4n) is 1.77. The van der Waals surface area contributed by atoms with Crippen LogP contribution in [0.3, 0.4) is 0 Å². The standard InChI is InChI=1S/C15H23NO4/c1-18-9-4-10-19-11-12-20-15(17)14-6-3-2-5-13(14)7-8-16/h2-3,5-6H,4,7-12,16H2,1H3. The van der Waals surface area contributed by atoms with Crippen molar-refractivity contribution >= 4 is 5.97 Å². The Morgan fingerprint density at radius 2 is 1.95 bits per heavy atom. The fourth-order valence-corrected chi connectivity index (χ4v) is 1.77. The number of rotatable bonds is 10. The molecule has 0 unspecified atom stereocenters. The van der Waals surface area contributed by atoms with E-state index in [-0.39, 0.29) is 12.6 Å². The van der Waals surface area contributed by atoms with Crippen LogP contribution in [-0.4, -0.2) is 46.1 Å². The highest BCUT2D eigenvalue weighted by molar-refractivity contribution is 5.91. The number of carbonyl (C=O) groups is 1. The summed E-state index contributed by atoms with van der Waals surface area (Å²) in [5.74, 6) is -0.324. The van der Waals surface area contributed by atoms with Crippen molar-refractivity contribution in [3.8, 4) is 0 Å². The van der Waals surface area contributed by atoms with Gasteiger partial charge in [-0.1, -0.05) is 18.2 Å². The van der Waals surface area contributed by atoms with Gasteiger partial charge in [0.05, 0.1) is 12.2 Å². The Kier molecular flexibility index (Phi) is 8.62. The zero-order chi connectivity index (χ0) is 14.6. The number of hydrogen-bond acceptors (Lipinski definition) is 5. The first-order chi connectivity index (χ1) is 9.79. The summed E-state index contributed by atoms with van der Waals surface area (Å²) in [6.45, 7) is 2.44. The molecule has 0 aromatic heterocycles. The Morgan fingerprint density at radius 3 is 2.70 bits per heavy atom. The Bertz CT molecular complexity index is 395. The maximum atomic E-state index is 11.9. The van der Waals surface area contributed by atoms with Crippen molar-refractivity contribution in [3.05, 3.63) is 35.4 Å². The minimum atomic E-state index is -0.324. The highest BCUT2D eigenvalue weighted by Gasteiger charge is 2.11. The van der Waals surface area contributed by atoms with Crippen molar-refractivity contribution < 1.29 is 19.0 Å². The largest absolute Gasteiger partial charge is 0.460 e. The summed E-state index contributed by atoms with van der Waals surface area (Å²) >= 11 is 0. The van der Waals surface area contributed by atoms with Crippen molar-refractivity contribution in [3.63, 3.8) is 0 Å². The van der Waals surface area contributed by atoms with Gasteiger partial charge in [-0.25, -0.2) is 4.79 Å². The summed E-state index contributed by atoms with van der Waals surface area (Å²) in [4.78, 5) is 11.9. The molecule has 20 heavy (non-hydrogen) atoms. The Balaban J connectivity index is 2.29. The van der Waals surface area contributed by atoms with E-state index in [4.69, 9.17) is 19.9 Å². The first-order valence-electron chi connectivity index (χ1n) is 6.81. The lowest BCUT2D eigenvalue weighted by molar-refractivity contribution is 0.0287. The minimum Gasteiger partial charge on any atom is -0.460 e. The van der Waals surface area contributed by atoms with E-state index in [1.165, 1.54) is 0 Å². The summed E-state index contributed by atoms with van der Waals surface area (Å²) in [5, 5.41) is 0. The van der Waals surface area contributed by atoms with E-state index in [0.29, 0.717) is 38.3 Å². The molecule has 0 amide bonds. The van der Waals surface area contributed by atoms with Crippen LogP contribution in [0.5, 0.6) is 0 Å². The molecule has 0 aliphatic carbocycles. The number of nitrogens with two attached hydrogens (primary N) is 1. The quantitative estimate of drug-likeness (QED) is 0.518. The summed E-state index contributed by atoms with van der Waals surface area (Å²) in [6.07, 6.45) is 1.50. The number of esters is 1. The SMILES string of the molecule is COCCCOCCOC(=O)c1ccccc1CCN. The molecule has 1 aromatic carbocycles. The molecule has 0 radical (unpaired) electrons. The van der Waals surface area contributed by atoms with Crippen molar-refractivity contribution in [1.29, 1.82) is 0 Å². The lowest BCUT2D eigenvalue weighted by Crippen LogP contribution is -2.14. The number of hydrogen-bond donors (Lipinski definition) is 1. The summed E-state index contributed by atoms with van der Waals surface area (Å²) in [5.41, 5.74) is 7.03. The van der Waals surface area contributed by atoms with Crippen LogP contribution in [0.15, 0.2) is 24.3 Å². The van der Waals surface area contributed by atoms with E-state index in [1.807, 2.05) is 18.2 Å². The molecule has 0 aliphatic rings. The summed E-state index contributed by atoms with van der Waals surface area (Å²) in [6, 6.07) is 7.36. The van der Waals surface area contributed by atoms with E-state index in [0.717, 1.165) is 12.0 Å². The van der Waals surface area contributed by atoms with Gasteiger partial charge in [0.15, 0.2) is 0 Å². The lowest BCUT2D eigenvalue weighted by Gasteiger charge is -2.09. The Labute approximate surface area is 120 Å². The second-order valence-corrected chi connectivity index (χ2v) is 4.29. The van der Waals surface area contributed by atoms with Gasteiger partial charge in [0.1, 0.15) is 6.61 Å². The van der Waals surface area contributed by atoms with Gasteiger partial charge in [-0.2, -0.15) is 0 Å². The van der Waals surface area contributed by atoms with Crippen LogP contribution < -0.4 is 5.73 Å². The maximum Gasteiger partial charge on any atom is 0.338 e. The normalized spacial score (nSPS) is 10.5. The monoisotopic (exact) mass is 281 g/mol. The average Bonchev–Trinajstić information content (AvgIpc) is 2.47. The van der Waals surface area contributed by atoms with Crippen LogP contribution in [-0.2, 0) is 20.6 Å². The van der Waals surface area contributed by atoms with Gasteiger partial charge in [0, 0.05) is 20.3 Å². The summed E-state index contributed by atoms with van der Waals surface area (Å²) in [7, 11) is 1.65. The third-order valence-corrected chi connectivity index (χ3v) is 2.75. The zero-order valence-corrected chi connectivity index (χ0v) is 12.0. The molecule has 5 nitrogen and oxygen atoms in total. The molecule has 0 aliphatic heterocycles. The molecule has 0 heterocycles. The predicted octanol–water partition coefficient (Wildman–Crippen LogP) is 1.40. The smallest absolute Gasteiger partial charge is 0.338 e. The number of benzene rings is 1. The van der Waals surface area contributed by atoms with Gasteiger partial charge in [-0.15, -0.1) is 0 Å².